The number of nitrogens with one attached hydrogen (secondary N) is 2. The molecule has 1 fully saturated rings. The van der Waals surface area contributed by atoms with Crippen molar-refractivity contribution in [2.24, 2.45) is 0 Å². The maximum absolute atomic E-state index is 12.2. The molecule has 0 saturated heterocycles. The van der Waals surface area contributed by atoms with Crippen LogP contribution in [0.2, 0.25) is 0 Å². The van der Waals surface area contributed by atoms with Crippen LogP contribution in [0, 0.1) is 0 Å². The van der Waals surface area contributed by atoms with E-state index in [9.17, 15) is 4.79 Å². The first-order valence-corrected chi connectivity index (χ1v) is 10.8. The summed E-state index contributed by atoms with van der Waals surface area (Å²) in [5.41, 5.74) is 1.05. The molecule has 7 nitrogen and oxygen atoms in total. The number of aromatic nitrogens is 4. The van der Waals surface area contributed by atoms with Crippen LogP contribution in [-0.2, 0) is 12.3 Å². The maximum atomic E-state index is 12.2. The Morgan fingerprint density at radius 3 is 2.77 bits per heavy atom. The summed E-state index contributed by atoms with van der Waals surface area (Å²) in [5, 5.41) is 24.6. The SMILES string of the molecule is O=C(NCc1ccccc1)c1nnc(CSc2nnc(NC3CC3)s2)s1. The summed E-state index contributed by atoms with van der Waals surface area (Å²) in [6.07, 6.45) is 2.42. The van der Waals surface area contributed by atoms with Crippen LogP contribution in [0.4, 0.5) is 5.13 Å². The minimum absolute atomic E-state index is 0.200. The molecular weight excluding hydrogens is 388 g/mol. The fourth-order valence-corrected chi connectivity index (χ4v) is 4.68. The molecule has 1 aliphatic carbocycles. The lowest BCUT2D eigenvalue weighted by Gasteiger charge is -2.01. The van der Waals surface area contributed by atoms with E-state index in [1.807, 2.05) is 30.3 Å². The van der Waals surface area contributed by atoms with E-state index in [1.165, 1.54) is 24.2 Å². The highest BCUT2D eigenvalue weighted by Gasteiger charge is 2.22. The van der Waals surface area contributed by atoms with Gasteiger partial charge in [0.2, 0.25) is 10.1 Å². The zero-order chi connectivity index (χ0) is 17.8. The van der Waals surface area contributed by atoms with E-state index in [2.05, 4.69) is 31.0 Å². The van der Waals surface area contributed by atoms with Crippen molar-refractivity contribution in [1.82, 2.24) is 25.7 Å². The van der Waals surface area contributed by atoms with Crippen molar-refractivity contribution in [3.63, 3.8) is 0 Å². The summed E-state index contributed by atoms with van der Waals surface area (Å²) in [4.78, 5) is 12.2. The molecule has 1 amide bonds. The van der Waals surface area contributed by atoms with Gasteiger partial charge in [0, 0.05) is 12.6 Å². The van der Waals surface area contributed by atoms with Crippen molar-refractivity contribution in [2.45, 2.75) is 35.5 Å². The first-order chi connectivity index (χ1) is 12.8. The molecule has 0 spiro atoms. The van der Waals surface area contributed by atoms with Gasteiger partial charge in [0.15, 0.2) is 4.34 Å². The third-order valence-electron chi connectivity index (χ3n) is 3.59. The lowest BCUT2D eigenvalue weighted by atomic mass is 10.2. The van der Waals surface area contributed by atoms with Crippen molar-refractivity contribution >= 4 is 45.5 Å². The lowest BCUT2D eigenvalue weighted by Crippen LogP contribution is -2.22. The number of carbonyl (C=O) groups is 1. The molecule has 2 heterocycles. The summed E-state index contributed by atoms with van der Waals surface area (Å²) in [6, 6.07) is 10.3. The second-order valence-electron chi connectivity index (χ2n) is 5.75. The van der Waals surface area contributed by atoms with Crippen LogP contribution in [0.3, 0.4) is 0 Å². The molecule has 3 aromatic rings. The Hall–Kier alpha value is -2.04. The molecule has 10 heteroatoms. The average Bonchev–Trinajstić information content (AvgIpc) is 3.17. The highest BCUT2D eigenvalue weighted by molar-refractivity contribution is 8.00. The third kappa shape index (κ3) is 4.77. The Bertz CT molecular complexity index is 877. The van der Waals surface area contributed by atoms with Gasteiger partial charge in [0.1, 0.15) is 5.01 Å². The predicted molar refractivity (Wildman–Crippen MR) is 104 cm³/mol. The van der Waals surface area contributed by atoms with E-state index >= 15 is 0 Å². The van der Waals surface area contributed by atoms with E-state index < -0.39 is 0 Å². The highest BCUT2D eigenvalue weighted by atomic mass is 32.2. The minimum atomic E-state index is -0.200. The monoisotopic (exact) mass is 404 g/mol. The zero-order valence-corrected chi connectivity index (χ0v) is 16.2. The topological polar surface area (TPSA) is 92.7 Å². The molecule has 4 rings (SSSR count). The molecule has 1 aromatic carbocycles. The molecule has 1 saturated carbocycles. The van der Waals surface area contributed by atoms with Crippen LogP contribution in [0.1, 0.15) is 33.2 Å². The number of carbonyl (C=O) groups excluding carboxylic acids is 1. The standard InChI is InChI=1S/C16H16N6OS3/c23-13(17-8-10-4-2-1-3-5-10)14-20-19-12(25-14)9-24-16-22-21-15(26-16)18-11-6-7-11/h1-5,11H,6-9H2,(H,17,23)(H,18,21). The van der Waals surface area contributed by atoms with Crippen LogP contribution in [0.25, 0.3) is 0 Å². The smallest absolute Gasteiger partial charge is 0.282 e. The number of anilines is 1. The molecule has 0 radical (unpaired) electrons. The van der Waals surface area contributed by atoms with Gasteiger partial charge < -0.3 is 10.6 Å². The fourth-order valence-electron chi connectivity index (χ4n) is 2.11. The summed E-state index contributed by atoms with van der Waals surface area (Å²) in [5.74, 6) is 0.427. The zero-order valence-electron chi connectivity index (χ0n) is 13.7. The van der Waals surface area contributed by atoms with Crippen molar-refractivity contribution in [3.05, 3.63) is 45.9 Å². The Balaban J connectivity index is 1.27. The van der Waals surface area contributed by atoms with Crippen LogP contribution in [0.5, 0.6) is 0 Å². The van der Waals surface area contributed by atoms with Gasteiger partial charge in [-0.3, -0.25) is 4.79 Å². The summed E-state index contributed by atoms with van der Waals surface area (Å²) in [6.45, 7) is 0.477. The normalized spacial score (nSPS) is 13.5. The molecule has 0 bridgehead atoms. The number of hydrogen-bond donors (Lipinski definition) is 2. The number of benzene rings is 1. The van der Waals surface area contributed by atoms with E-state index in [1.54, 1.807) is 23.1 Å². The van der Waals surface area contributed by atoms with E-state index in [0.29, 0.717) is 23.3 Å². The molecular formula is C16H16N6OS3. The van der Waals surface area contributed by atoms with Gasteiger partial charge in [-0.2, -0.15) is 0 Å². The maximum Gasteiger partial charge on any atom is 0.282 e. The molecule has 26 heavy (non-hydrogen) atoms. The summed E-state index contributed by atoms with van der Waals surface area (Å²) < 4.78 is 0.887. The van der Waals surface area contributed by atoms with Crippen molar-refractivity contribution in [2.75, 3.05) is 5.32 Å². The van der Waals surface area contributed by atoms with Gasteiger partial charge in [0.05, 0.1) is 5.75 Å². The van der Waals surface area contributed by atoms with Crippen molar-refractivity contribution < 1.29 is 4.79 Å². The molecule has 134 valence electrons. The summed E-state index contributed by atoms with van der Waals surface area (Å²) >= 11 is 4.41. The lowest BCUT2D eigenvalue weighted by molar-refractivity contribution is 0.0950. The van der Waals surface area contributed by atoms with Crippen LogP contribution >= 0.6 is 34.4 Å². The van der Waals surface area contributed by atoms with Crippen LogP contribution in [-0.4, -0.2) is 32.3 Å². The molecule has 2 aromatic heterocycles. The average molecular weight is 405 g/mol. The van der Waals surface area contributed by atoms with Crippen molar-refractivity contribution in [3.8, 4) is 0 Å². The first kappa shape index (κ1) is 17.4. The molecule has 2 N–H and O–H groups in total. The fraction of sp³-hybridized carbons (Fsp3) is 0.312. The Labute approximate surface area is 162 Å². The first-order valence-electron chi connectivity index (χ1n) is 8.13. The number of rotatable bonds is 8. The predicted octanol–water partition coefficient (Wildman–Crippen LogP) is 3.19. The molecule has 0 atom stereocenters. The second kappa shape index (κ2) is 8.11. The second-order valence-corrected chi connectivity index (χ2v) is 9.01. The number of amides is 1. The Morgan fingerprint density at radius 1 is 1.12 bits per heavy atom. The number of thioether (sulfide) groups is 1. The Morgan fingerprint density at radius 2 is 1.96 bits per heavy atom. The molecule has 0 unspecified atom stereocenters. The van der Waals surface area contributed by atoms with Gasteiger partial charge in [0.25, 0.3) is 5.91 Å². The molecule has 1 aliphatic rings. The van der Waals surface area contributed by atoms with E-state index in [0.717, 1.165) is 20.0 Å². The van der Waals surface area contributed by atoms with E-state index in [4.69, 9.17) is 0 Å². The number of nitrogens with zero attached hydrogens (tertiary/aromatic N) is 4. The van der Waals surface area contributed by atoms with Crippen molar-refractivity contribution in [1.29, 1.82) is 0 Å². The minimum Gasteiger partial charge on any atom is -0.357 e. The highest BCUT2D eigenvalue weighted by Crippen LogP contribution is 2.32. The van der Waals surface area contributed by atoms with Gasteiger partial charge in [-0.05, 0) is 18.4 Å². The van der Waals surface area contributed by atoms with Crippen LogP contribution in [0.15, 0.2) is 34.7 Å². The molecule has 0 aliphatic heterocycles. The quantitative estimate of drug-likeness (QED) is 0.557. The largest absolute Gasteiger partial charge is 0.357 e. The van der Waals surface area contributed by atoms with Crippen LogP contribution < -0.4 is 10.6 Å². The van der Waals surface area contributed by atoms with Gasteiger partial charge in [-0.25, -0.2) is 0 Å². The third-order valence-corrected chi connectivity index (χ3v) is 6.69. The van der Waals surface area contributed by atoms with E-state index in [-0.39, 0.29) is 5.91 Å². The van der Waals surface area contributed by atoms with Gasteiger partial charge >= 0.3 is 0 Å². The van der Waals surface area contributed by atoms with Gasteiger partial charge in [-0.1, -0.05) is 64.8 Å². The van der Waals surface area contributed by atoms with Gasteiger partial charge in [-0.15, -0.1) is 20.4 Å². The summed E-state index contributed by atoms with van der Waals surface area (Å²) in [7, 11) is 0. The Kier molecular flexibility index (Phi) is 5.42. The number of hydrogen-bond acceptors (Lipinski definition) is 9.